The van der Waals surface area contributed by atoms with Gasteiger partial charge in [0.25, 0.3) is 5.91 Å². The Hall–Kier alpha value is -2.37. The number of carbonyl (C=O) groups excluding carboxylic acids is 2. The predicted molar refractivity (Wildman–Crippen MR) is 73.6 cm³/mol. The smallest absolute Gasteiger partial charge is 0.335 e. The van der Waals surface area contributed by atoms with Crippen LogP contribution < -0.4 is 10.6 Å². The number of carboxylic acids is 1. The summed E-state index contributed by atoms with van der Waals surface area (Å²) in [6.07, 6.45) is 0.183. The highest BCUT2D eigenvalue weighted by Crippen LogP contribution is 2.05. The molecule has 0 radical (unpaired) electrons. The van der Waals surface area contributed by atoms with Crippen molar-refractivity contribution in [3.05, 3.63) is 35.4 Å². The third-order valence-corrected chi connectivity index (χ3v) is 2.46. The fraction of sp³-hybridized carbons (Fsp3) is 0.357. The number of nitrogens with one attached hydrogen (secondary N) is 2. The van der Waals surface area contributed by atoms with Crippen molar-refractivity contribution in [2.24, 2.45) is 0 Å². The normalized spacial score (nSPS) is 10.2. The van der Waals surface area contributed by atoms with Gasteiger partial charge in [-0.25, -0.2) is 4.79 Å². The van der Waals surface area contributed by atoms with Crippen LogP contribution >= 0.6 is 0 Å². The number of benzene rings is 1. The van der Waals surface area contributed by atoms with Crippen LogP contribution in [0.25, 0.3) is 0 Å². The van der Waals surface area contributed by atoms with Gasteiger partial charge in [-0.3, -0.25) is 9.59 Å². The summed E-state index contributed by atoms with van der Waals surface area (Å²) in [6.45, 7) is 3.91. The molecule has 108 valence electrons. The lowest BCUT2D eigenvalue weighted by molar-refractivity contribution is -0.121. The molecule has 0 aliphatic rings. The molecule has 20 heavy (non-hydrogen) atoms. The van der Waals surface area contributed by atoms with Crippen molar-refractivity contribution in [2.75, 3.05) is 6.54 Å². The van der Waals surface area contributed by atoms with E-state index in [2.05, 4.69) is 10.6 Å². The number of amides is 2. The minimum Gasteiger partial charge on any atom is -0.478 e. The van der Waals surface area contributed by atoms with E-state index < -0.39 is 11.9 Å². The highest BCUT2D eigenvalue weighted by molar-refractivity contribution is 5.97. The monoisotopic (exact) mass is 278 g/mol. The van der Waals surface area contributed by atoms with Crippen LogP contribution in [0.1, 0.15) is 41.0 Å². The van der Waals surface area contributed by atoms with Crippen LogP contribution in [0.2, 0.25) is 0 Å². The minimum atomic E-state index is -1.09. The number of carbonyl (C=O) groups is 3. The topological polar surface area (TPSA) is 95.5 Å². The molecule has 6 nitrogen and oxygen atoms in total. The molecule has 6 heteroatoms. The van der Waals surface area contributed by atoms with Gasteiger partial charge in [-0.1, -0.05) is 6.07 Å². The van der Waals surface area contributed by atoms with E-state index >= 15 is 0 Å². The van der Waals surface area contributed by atoms with E-state index in [0.717, 1.165) is 0 Å². The summed E-state index contributed by atoms with van der Waals surface area (Å²) in [5.74, 6) is -1.62. The summed E-state index contributed by atoms with van der Waals surface area (Å²) in [7, 11) is 0. The molecule has 0 atom stereocenters. The van der Waals surface area contributed by atoms with Gasteiger partial charge < -0.3 is 15.7 Å². The van der Waals surface area contributed by atoms with E-state index in [1.54, 1.807) is 0 Å². The Morgan fingerprint density at radius 3 is 2.45 bits per heavy atom. The van der Waals surface area contributed by atoms with Crippen molar-refractivity contribution < 1.29 is 19.5 Å². The molecule has 0 bridgehead atoms. The maximum atomic E-state index is 11.8. The zero-order valence-electron chi connectivity index (χ0n) is 11.5. The van der Waals surface area contributed by atoms with Crippen LogP contribution in [0.4, 0.5) is 0 Å². The highest BCUT2D eigenvalue weighted by atomic mass is 16.4. The Bertz CT molecular complexity index is 512. The van der Waals surface area contributed by atoms with E-state index in [-0.39, 0.29) is 36.0 Å². The largest absolute Gasteiger partial charge is 0.478 e. The van der Waals surface area contributed by atoms with Crippen molar-refractivity contribution in [3.63, 3.8) is 0 Å². The molecule has 0 spiro atoms. The van der Waals surface area contributed by atoms with Gasteiger partial charge in [0.05, 0.1) is 5.56 Å². The lowest BCUT2D eigenvalue weighted by Gasteiger charge is -2.09. The molecule has 3 N–H and O–H groups in total. The van der Waals surface area contributed by atoms with E-state index in [9.17, 15) is 14.4 Å². The molecule has 1 aromatic rings. The van der Waals surface area contributed by atoms with Crippen LogP contribution in [-0.4, -0.2) is 35.5 Å². The lowest BCUT2D eigenvalue weighted by atomic mass is 10.1. The van der Waals surface area contributed by atoms with Gasteiger partial charge in [0, 0.05) is 24.6 Å². The molecule has 0 aliphatic heterocycles. The SMILES string of the molecule is CC(C)NC(=O)CCNC(=O)c1cccc(C(=O)O)c1. The third kappa shape index (κ3) is 5.09. The molecule has 1 rings (SSSR count). The van der Waals surface area contributed by atoms with E-state index in [1.807, 2.05) is 13.8 Å². The second kappa shape index (κ2) is 7.28. The maximum Gasteiger partial charge on any atom is 0.335 e. The van der Waals surface area contributed by atoms with E-state index in [0.29, 0.717) is 0 Å². The van der Waals surface area contributed by atoms with Crippen LogP contribution in [0.15, 0.2) is 24.3 Å². The molecular weight excluding hydrogens is 260 g/mol. The van der Waals surface area contributed by atoms with Crippen molar-refractivity contribution in [1.29, 1.82) is 0 Å². The molecule has 0 aliphatic carbocycles. The Morgan fingerprint density at radius 1 is 1.20 bits per heavy atom. The van der Waals surface area contributed by atoms with Gasteiger partial charge >= 0.3 is 5.97 Å². The van der Waals surface area contributed by atoms with Crippen molar-refractivity contribution in [3.8, 4) is 0 Å². The molecule has 0 heterocycles. The number of hydrogen-bond donors (Lipinski definition) is 3. The summed E-state index contributed by atoms with van der Waals surface area (Å²) in [5, 5.41) is 14.1. The Balaban J connectivity index is 2.49. The molecule has 0 saturated carbocycles. The van der Waals surface area contributed by atoms with Gasteiger partial charge in [-0.05, 0) is 32.0 Å². The fourth-order valence-electron chi connectivity index (χ4n) is 1.58. The van der Waals surface area contributed by atoms with Crippen molar-refractivity contribution >= 4 is 17.8 Å². The van der Waals surface area contributed by atoms with Crippen LogP contribution in [0.5, 0.6) is 0 Å². The molecule has 0 aromatic heterocycles. The first-order chi connectivity index (χ1) is 9.40. The van der Waals surface area contributed by atoms with Crippen LogP contribution in [0.3, 0.4) is 0 Å². The van der Waals surface area contributed by atoms with Gasteiger partial charge in [-0.2, -0.15) is 0 Å². The standard InChI is InChI=1S/C14H18N2O4/c1-9(2)16-12(17)6-7-15-13(18)10-4-3-5-11(8-10)14(19)20/h3-5,8-9H,6-7H2,1-2H3,(H,15,18)(H,16,17)(H,19,20). The summed E-state index contributed by atoms with van der Waals surface area (Å²) in [5.41, 5.74) is 0.310. The number of rotatable bonds is 6. The van der Waals surface area contributed by atoms with Crippen LogP contribution in [-0.2, 0) is 4.79 Å². The van der Waals surface area contributed by atoms with E-state index in [4.69, 9.17) is 5.11 Å². The van der Waals surface area contributed by atoms with Gasteiger partial charge in [-0.15, -0.1) is 0 Å². The second-order valence-corrected chi connectivity index (χ2v) is 4.61. The number of aromatic carboxylic acids is 1. The Kier molecular flexibility index (Phi) is 5.71. The maximum absolute atomic E-state index is 11.8. The summed E-state index contributed by atoms with van der Waals surface area (Å²) in [4.78, 5) is 34.0. The van der Waals surface area contributed by atoms with Gasteiger partial charge in [0.1, 0.15) is 0 Å². The van der Waals surface area contributed by atoms with Gasteiger partial charge in [0.2, 0.25) is 5.91 Å². The molecular formula is C14H18N2O4. The predicted octanol–water partition coefficient (Wildman–Crippen LogP) is 1.03. The van der Waals surface area contributed by atoms with E-state index in [1.165, 1.54) is 24.3 Å². The first-order valence-electron chi connectivity index (χ1n) is 6.31. The minimum absolute atomic E-state index is 0.0511. The Labute approximate surface area is 117 Å². The fourth-order valence-corrected chi connectivity index (χ4v) is 1.58. The lowest BCUT2D eigenvalue weighted by Crippen LogP contribution is -2.34. The van der Waals surface area contributed by atoms with Gasteiger partial charge in [0.15, 0.2) is 0 Å². The molecule has 0 fully saturated rings. The first kappa shape index (κ1) is 15.7. The zero-order chi connectivity index (χ0) is 15.1. The second-order valence-electron chi connectivity index (χ2n) is 4.61. The van der Waals surface area contributed by atoms with Crippen molar-refractivity contribution in [2.45, 2.75) is 26.3 Å². The molecule has 0 unspecified atom stereocenters. The summed E-state index contributed by atoms with van der Waals surface area (Å²) >= 11 is 0. The summed E-state index contributed by atoms with van der Waals surface area (Å²) in [6, 6.07) is 5.80. The Morgan fingerprint density at radius 2 is 1.85 bits per heavy atom. The summed E-state index contributed by atoms with van der Waals surface area (Å²) < 4.78 is 0. The molecule has 1 aromatic carbocycles. The van der Waals surface area contributed by atoms with Crippen molar-refractivity contribution in [1.82, 2.24) is 10.6 Å². The zero-order valence-corrected chi connectivity index (χ0v) is 11.5. The quantitative estimate of drug-likeness (QED) is 0.724. The highest BCUT2D eigenvalue weighted by Gasteiger charge is 2.10. The number of carboxylic acid groups (broad SMARTS) is 1. The first-order valence-corrected chi connectivity index (χ1v) is 6.31. The molecule has 0 saturated heterocycles. The number of hydrogen-bond acceptors (Lipinski definition) is 3. The van der Waals surface area contributed by atoms with Crippen LogP contribution in [0, 0.1) is 0 Å². The average Bonchev–Trinajstić information content (AvgIpc) is 2.37. The molecule has 2 amide bonds. The average molecular weight is 278 g/mol. The third-order valence-electron chi connectivity index (χ3n) is 2.46.